The van der Waals surface area contributed by atoms with Crippen LogP contribution in [0.4, 0.5) is 4.39 Å². The van der Waals surface area contributed by atoms with Gasteiger partial charge in [-0.25, -0.2) is 9.18 Å². The second kappa shape index (κ2) is 5.22. The number of carboxylic acid groups (broad SMARTS) is 1. The zero-order valence-electron chi connectivity index (χ0n) is 9.42. The number of rotatable bonds is 5. The van der Waals surface area contributed by atoms with Crippen LogP contribution in [0.2, 0.25) is 0 Å². The zero-order valence-corrected chi connectivity index (χ0v) is 9.42. The summed E-state index contributed by atoms with van der Waals surface area (Å²) in [4.78, 5) is 12.7. The van der Waals surface area contributed by atoms with Gasteiger partial charge in [-0.1, -0.05) is 5.21 Å². The lowest BCUT2D eigenvalue weighted by Gasteiger charge is -2.13. The second-order valence-electron chi connectivity index (χ2n) is 4.28. The van der Waals surface area contributed by atoms with Crippen molar-refractivity contribution in [1.82, 2.24) is 19.9 Å². The third-order valence-corrected chi connectivity index (χ3v) is 2.97. The Balaban J connectivity index is 1.87. The number of hydrogen-bond acceptors (Lipinski definition) is 4. The lowest BCUT2D eigenvalue weighted by atomic mass is 10.1. The number of hydrogen-bond donors (Lipinski definition) is 1. The molecular formula is C10H15FN4O2. The molecule has 0 aliphatic carbocycles. The van der Waals surface area contributed by atoms with Crippen LogP contribution in [-0.4, -0.2) is 57.3 Å². The van der Waals surface area contributed by atoms with E-state index in [4.69, 9.17) is 5.11 Å². The first-order chi connectivity index (χ1) is 8.19. The monoisotopic (exact) mass is 242 g/mol. The maximum Gasteiger partial charge on any atom is 0.358 e. The van der Waals surface area contributed by atoms with Crippen molar-refractivity contribution in [3.8, 4) is 0 Å². The normalized spacial score (nSPS) is 20.9. The summed E-state index contributed by atoms with van der Waals surface area (Å²) in [5.74, 6) is -0.674. The average molecular weight is 242 g/mol. The van der Waals surface area contributed by atoms with Crippen molar-refractivity contribution in [2.75, 3.05) is 26.3 Å². The van der Waals surface area contributed by atoms with Gasteiger partial charge in [0, 0.05) is 19.6 Å². The van der Waals surface area contributed by atoms with Crippen LogP contribution in [0.1, 0.15) is 16.9 Å². The predicted molar refractivity (Wildman–Crippen MR) is 57.5 cm³/mol. The SMILES string of the molecule is O=C(O)c1cn(C[C@H]2CCN(CCF)C2)nn1. The number of aromatic nitrogens is 3. The Morgan fingerprint density at radius 1 is 1.65 bits per heavy atom. The van der Waals surface area contributed by atoms with Crippen LogP contribution in [0.5, 0.6) is 0 Å². The molecule has 1 saturated heterocycles. The summed E-state index contributed by atoms with van der Waals surface area (Å²) in [5.41, 5.74) is -0.0383. The summed E-state index contributed by atoms with van der Waals surface area (Å²) in [7, 11) is 0. The standard InChI is InChI=1S/C10H15FN4O2/c11-2-4-14-3-1-8(5-14)6-15-7-9(10(16)17)12-13-15/h7-8H,1-6H2,(H,16,17)/t8-/m0/s1. The van der Waals surface area contributed by atoms with Gasteiger partial charge in [0.15, 0.2) is 5.69 Å². The minimum Gasteiger partial charge on any atom is -0.476 e. The van der Waals surface area contributed by atoms with Gasteiger partial charge < -0.3 is 10.0 Å². The van der Waals surface area contributed by atoms with Crippen molar-refractivity contribution < 1.29 is 14.3 Å². The highest BCUT2D eigenvalue weighted by Gasteiger charge is 2.23. The molecule has 1 fully saturated rings. The van der Waals surface area contributed by atoms with E-state index in [-0.39, 0.29) is 12.4 Å². The van der Waals surface area contributed by atoms with Gasteiger partial charge in [0.2, 0.25) is 0 Å². The third-order valence-electron chi connectivity index (χ3n) is 2.97. The van der Waals surface area contributed by atoms with Gasteiger partial charge >= 0.3 is 5.97 Å². The summed E-state index contributed by atoms with van der Waals surface area (Å²) in [6.07, 6.45) is 2.42. The van der Waals surface area contributed by atoms with Gasteiger partial charge in [-0.05, 0) is 18.9 Å². The molecule has 0 spiro atoms. The molecule has 2 heterocycles. The molecule has 0 saturated carbocycles. The molecule has 1 atom stereocenters. The van der Waals surface area contributed by atoms with E-state index in [9.17, 15) is 9.18 Å². The van der Waals surface area contributed by atoms with Crippen molar-refractivity contribution in [2.24, 2.45) is 5.92 Å². The first-order valence-corrected chi connectivity index (χ1v) is 5.61. The van der Waals surface area contributed by atoms with Crippen LogP contribution < -0.4 is 0 Å². The minimum atomic E-state index is -1.07. The second-order valence-corrected chi connectivity index (χ2v) is 4.28. The largest absolute Gasteiger partial charge is 0.476 e. The maximum absolute atomic E-state index is 12.2. The summed E-state index contributed by atoms with van der Waals surface area (Å²) >= 11 is 0. The number of nitrogens with zero attached hydrogens (tertiary/aromatic N) is 4. The summed E-state index contributed by atoms with van der Waals surface area (Å²) < 4.78 is 13.7. The first kappa shape index (κ1) is 12.0. The fraction of sp³-hybridized carbons (Fsp3) is 0.700. The number of likely N-dealkylation sites (tertiary alicyclic amines) is 1. The van der Waals surface area contributed by atoms with Gasteiger partial charge in [0.25, 0.3) is 0 Å². The summed E-state index contributed by atoms with van der Waals surface area (Å²) in [6.45, 7) is 2.54. The van der Waals surface area contributed by atoms with Gasteiger partial charge in [0.05, 0.1) is 6.20 Å². The highest BCUT2D eigenvalue weighted by molar-refractivity contribution is 5.84. The highest BCUT2D eigenvalue weighted by Crippen LogP contribution is 2.17. The fourth-order valence-corrected chi connectivity index (χ4v) is 2.13. The summed E-state index contributed by atoms with van der Waals surface area (Å²) in [5, 5.41) is 16.0. The molecule has 2 rings (SSSR count). The van der Waals surface area contributed by atoms with Gasteiger partial charge in [-0.2, -0.15) is 0 Å². The van der Waals surface area contributed by atoms with Crippen LogP contribution in [0.3, 0.4) is 0 Å². The Kier molecular flexibility index (Phi) is 3.68. The number of carboxylic acids is 1. The molecule has 0 aromatic carbocycles. The molecule has 1 aromatic heterocycles. The van der Waals surface area contributed by atoms with Gasteiger partial charge in [-0.15, -0.1) is 5.10 Å². The van der Waals surface area contributed by atoms with Crippen LogP contribution in [-0.2, 0) is 6.54 Å². The van der Waals surface area contributed by atoms with E-state index in [0.717, 1.165) is 19.5 Å². The van der Waals surface area contributed by atoms with Crippen LogP contribution in [0.25, 0.3) is 0 Å². The molecule has 1 aliphatic heterocycles. The topological polar surface area (TPSA) is 71.2 Å². The smallest absolute Gasteiger partial charge is 0.358 e. The molecule has 6 nitrogen and oxygen atoms in total. The zero-order chi connectivity index (χ0) is 12.3. The molecule has 1 aliphatic rings. The predicted octanol–water partition coefficient (Wildman–Crippen LogP) is 0.268. The van der Waals surface area contributed by atoms with Crippen molar-refractivity contribution in [2.45, 2.75) is 13.0 Å². The number of aromatic carboxylic acids is 1. The number of alkyl halides is 1. The number of halogens is 1. The molecule has 0 unspecified atom stereocenters. The van der Waals surface area contributed by atoms with E-state index >= 15 is 0 Å². The molecule has 0 radical (unpaired) electrons. The van der Waals surface area contributed by atoms with Crippen molar-refractivity contribution in [3.63, 3.8) is 0 Å². The minimum absolute atomic E-state index is 0.0383. The van der Waals surface area contributed by atoms with Crippen molar-refractivity contribution in [3.05, 3.63) is 11.9 Å². The van der Waals surface area contributed by atoms with E-state index in [1.165, 1.54) is 6.20 Å². The van der Waals surface area contributed by atoms with Gasteiger partial charge in [0.1, 0.15) is 6.67 Å². The van der Waals surface area contributed by atoms with E-state index in [0.29, 0.717) is 19.0 Å². The average Bonchev–Trinajstić information content (AvgIpc) is 2.89. The number of carbonyl (C=O) groups is 1. The third kappa shape index (κ3) is 3.00. The molecule has 0 amide bonds. The van der Waals surface area contributed by atoms with E-state index in [1.54, 1.807) is 4.68 Å². The lowest BCUT2D eigenvalue weighted by Crippen LogP contribution is -2.24. The van der Waals surface area contributed by atoms with Crippen LogP contribution in [0.15, 0.2) is 6.20 Å². The van der Waals surface area contributed by atoms with E-state index in [1.807, 2.05) is 0 Å². The molecular weight excluding hydrogens is 227 g/mol. The molecule has 7 heteroatoms. The Hall–Kier alpha value is -1.50. The maximum atomic E-state index is 12.2. The molecule has 0 bridgehead atoms. The molecule has 94 valence electrons. The van der Waals surface area contributed by atoms with E-state index in [2.05, 4.69) is 15.2 Å². The van der Waals surface area contributed by atoms with Crippen LogP contribution in [0, 0.1) is 5.92 Å². The van der Waals surface area contributed by atoms with E-state index < -0.39 is 5.97 Å². The fourth-order valence-electron chi connectivity index (χ4n) is 2.13. The Morgan fingerprint density at radius 3 is 3.12 bits per heavy atom. The molecule has 17 heavy (non-hydrogen) atoms. The Morgan fingerprint density at radius 2 is 2.47 bits per heavy atom. The first-order valence-electron chi connectivity index (χ1n) is 5.61. The van der Waals surface area contributed by atoms with Gasteiger partial charge in [-0.3, -0.25) is 4.68 Å². The lowest BCUT2D eigenvalue weighted by molar-refractivity contribution is 0.0690. The Bertz CT molecular complexity index is 395. The molecule has 1 N–H and O–H groups in total. The quantitative estimate of drug-likeness (QED) is 0.802. The van der Waals surface area contributed by atoms with Crippen molar-refractivity contribution in [1.29, 1.82) is 0 Å². The van der Waals surface area contributed by atoms with Crippen LogP contribution >= 0.6 is 0 Å². The molecule has 1 aromatic rings. The van der Waals surface area contributed by atoms with Crippen molar-refractivity contribution >= 4 is 5.97 Å². The highest BCUT2D eigenvalue weighted by atomic mass is 19.1. The summed E-state index contributed by atoms with van der Waals surface area (Å²) in [6, 6.07) is 0. The Labute approximate surface area is 98.0 Å².